The highest BCUT2D eigenvalue weighted by molar-refractivity contribution is 6.31. The molecular formula is C19H18ClN5O. The maximum atomic E-state index is 11.2. The minimum Gasteiger partial charge on any atom is -0.340 e. The molecule has 0 aliphatic carbocycles. The lowest BCUT2D eigenvalue weighted by molar-refractivity contribution is -0.114. The van der Waals surface area contributed by atoms with Crippen LogP contribution in [0.4, 0.5) is 28.8 Å². The van der Waals surface area contributed by atoms with E-state index in [2.05, 4.69) is 25.9 Å². The SMILES string of the molecule is CC(=O)Nc1cccc(Nc2ccnc(Nc3ccc(C)c(Cl)c3)n2)c1. The molecule has 7 heteroatoms. The number of carbonyl (C=O) groups excluding carboxylic acids is 1. The molecule has 26 heavy (non-hydrogen) atoms. The third kappa shape index (κ3) is 4.70. The number of hydrogen-bond donors (Lipinski definition) is 3. The van der Waals surface area contributed by atoms with Crippen molar-refractivity contribution in [2.24, 2.45) is 0 Å². The molecule has 0 saturated heterocycles. The quantitative estimate of drug-likeness (QED) is 0.598. The zero-order chi connectivity index (χ0) is 18.5. The summed E-state index contributed by atoms with van der Waals surface area (Å²) in [5, 5.41) is 9.76. The maximum absolute atomic E-state index is 11.2. The van der Waals surface area contributed by atoms with Crippen LogP contribution in [0, 0.1) is 6.92 Å². The average Bonchev–Trinajstić information content (AvgIpc) is 2.58. The third-order valence-corrected chi connectivity index (χ3v) is 3.95. The van der Waals surface area contributed by atoms with Crippen LogP contribution in [0.15, 0.2) is 54.7 Å². The fourth-order valence-corrected chi connectivity index (χ4v) is 2.49. The van der Waals surface area contributed by atoms with Crippen LogP contribution >= 0.6 is 11.6 Å². The Hall–Kier alpha value is -3.12. The molecule has 3 aromatic rings. The van der Waals surface area contributed by atoms with Crippen molar-refractivity contribution in [3.05, 3.63) is 65.3 Å². The summed E-state index contributed by atoms with van der Waals surface area (Å²) < 4.78 is 0. The summed E-state index contributed by atoms with van der Waals surface area (Å²) in [6, 6.07) is 14.8. The Kier molecular flexibility index (Phi) is 5.34. The van der Waals surface area contributed by atoms with Gasteiger partial charge in [-0.25, -0.2) is 4.98 Å². The van der Waals surface area contributed by atoms with Gasteiger partial charge in [0.05, 0.1) is 0 Å². The summed E-state index contributed by atoms with van der Waals surface area (Å²) in [7, 11) is 0. The molecule has 1 amide bonds. The van der Waals surface area contributed by atoms with Crippen molar-refractivity contribution in [1.29, 1.82) is 0 Å². The van der Waals surface area contributed by atoms with Gasteiger partial charge in [0.2, 0.25) is 11.9 Å². The van der Waals surface area contributed by atoms with Crippen LogP contribution in [0.2, 0.25) is 5.02 Å². The first-order valence-electron chi connectivity index (χ1n) is 8.00. The number of amides is 1. The number of nitrogens with one attached hydrogen (secondary N) is 3. The Morgan fingerprint density at radius 1 is 1.00 bits per heavy atom. The van der Waals surface area contributed by atoms with Crippen molar-refractivity contribution in [1.82, 2.24) is 9.97 Å². The standard InChI is InChI=1S/C19H18ClN5O/c1-12-6-7-16(11-17(12)20)24-19-21-9-8-18(25-19)23-15-5-3-4-14(10-15)22-13(2)26/h3-11H,1-2H3,(H,22,26)(H2,21,23,24,25). The lowest BCUT2D eigenvalue weighted by Crippen LogP contribution is -2.06. The Balaban J connectivity index is 1.75. The highest BCUT2D eigenvalue weighted by Gasteiger charge is 2.04. The van der Waals surface area contributed by atoms with Crippen LogP contribution in [0.25, 0.3) is 0 Å². The first-order chi connectivity index (χ1) is 12.5. The monoisotopic (exact) mass is 367 g/mol. The van der Waals surface area contributed by atoms with Gasteiger partial charge in [-0.05, 0) is 48.9 Å². The number of nitrogens with zero attached hydrogens (tertiary/aromatic N) is 2. The highest BCUT2D eigenvalue weighted by atomic mass is 35.5. The predicted octanol–water partition coefficient (Wildman–Crippen LogP) is 4.88. The molecule has 0 radical (unpaired) electrons. The van der Waals surface area contributed by atoms with E-state index in [4.69, 9.17) is 11.6 Å². The van der Waals surface area contributed by atoms with Crippen molar-refractivity contribution in [2.75, 3.05) is 16.0 Å². The van der Waals surface area contributed by atoms with E-state index in [9.17, 15) is 4.79 Å². The molecule has 0 fully saturated rings. The lowest BCUT2D eigenvalue weighted by Gasteiger charge is -2.10. The topological polar surface area (TPSA) is 78.9 Å². The normalized spacial score (nSPS) is 10.3. The van der Waals surface area contributed by atoms with Gasteiger partial charge in [-0.15, -0.1) is 0 Å². The molecule has 132 valence electrons. The predicted molar refractivity (Wildman–Crippen MR) is 106 cm³/mol. The van der Waals surface area contributed by atoms with Crippen molar-refractivity contribution in [3.8, 4) is 0 Å². The maximum Gasteiger partial charge on any atom is 0.229 e. The van der Waals surface area contributed by atoms with Gasteiger partial charge in [-0.2, -0.15) is 4.98 Å². The minimum atomic E-state index is -0.118. The molecule has 0 unspecified atom stereocenters. The molecule has 2 aromatic carbocycles. The largest absolute Gasteiger partial charge is 0.340 e. The van der Waals surface area contributed by atoms with Crippen LogP contribution in [0.5, 0.6) is 0 Å². The minimum absolute atomic E-state index is 0.118. The fourth-order valence-electron chi connectivity index (χ4n) is 2.31. The van der Waals surface area contributed by atoms with Gasteiger partial charge in [0.25, 0.3) is 0 Å². The van der Waals surface area contributed by atoms with Crippen LogP contribution in [-0.4, -0.2) is 15.9 Å². The van der Waals surface area contributed by atoms with E-state index in [1.807, 2.05) is 49.4 Å². The van der Waals surface area contributed by atoms with Gasteiger partial charge in [0.15, 0.2) is 0 Å². The zero-order valence-corrected chi connectivity index (χ0v) is 15.1. The molecule has 0 bridgehead atoms. The van der Waals surface area contributed by atoms with E-state index in [-0.39, 0.29) is 5.91 Å². The Bertz CT molecular complexity index is 945. The molecule has 0 atom stereocenters. The van der Waals surface area contributed by atoms with Crippen LogP contribution in [0.1, 0.15) is 12.5 Å². The molecule has 0 aliphatic rings. The number of rotatable bonds is 5. The summed E-state index contributed by atoms with van der Waals surface area (Å²) in [4.78, 5) is 19.8. The van der Waals surface area contributed by atoms with Gasteiger partial charge in [-0.3, -0.25) is 4.79 Å². The Morgan fingerprint density at radius 2 is 1.77 bits per heavy atom. The van der Waals surface area contributed by atoms with E-state index >= 15 is 0 Å². The first kappa shape index (κ1) is 17.7. The number of benzene rings is 2. The van der Waals surface area contributed by atoms with Gasteiger partial charge in [-0.1, -0.05) is 23.7 Å². The molecule has 0 saturated carbocycles. The number of anilines is 5. The van der Waals surface area contributed by atoms with Crippen molar-refractivity contribution < 1.29 is 4.79 Å². The second kappa shape index (κ2) is 7.84. The Labute approximate surface area is 156 Å². The second-order valence-corrected chi connectivity index (χ2v) is 6.15. The summed E-state index contributed by atoms with van der Waals surface area (Å²) in [6.45, 7) is 3.42. The summed E-state index contributed by atoms with van der Waals surface area (Å²) >= 11 is 6.15. The molecule has 6 nitrogen and oxygen atoms in total. The van der Waals surface area contributed by atoms with Crippen molar-refractivity contribution in [3.63, 3.8) is 0 Å². The van der Waals surface area contributed by atoms with Crippen molar-refractivity contribution >= 4 is 46.3 Å². The molecule has 0 spiro atoms. The van der Waals surface area contributed by atoms with Crippen LogP contribution in [-0.2, 0) is 4.79 Å². The van der Waals surface area contributed by atoms with Crippen LogP contribution < -0.4 is 16.0 Å². The van der Waals surface area contributed by atoms with E-state index < -0.39 is 0 Å². The van der Waals surface area contributed by atoms with E-state index in [1.165, 1.54) is 6.92 Å². The summed E-state index contributed by atoms with van der Waals surface area (Å²) in [6.07, 6.45) is 1.66. The number of aromatic nitrogens is 2. The number of hydrogen-bond acceptors (Lipinski definition) is 5. The molecule has 3 N–H and O–H groups in total. The first-order valence-corrected chi connectivity index (χ1v) is 8.38. The molecule has 0 aliphatic heterocycles. The van der Waals surface area contributed by atoms with Gasteiger partial charge in [0.1, 0.15) is 5.82 Å². The highest BCUT2D eigenvalue weighted by Crippen LogP contribution is 2.23. The van der Waals surface area contributed by atoms with E-state index in [0.717, 1.165) is 16.9 Å². The molecule has 1 aromatic heterocycles. The van der Waals surface area contributed by atoms with Crippen molar-refractivity contribution in [2.45, 2.75) is 13.8 Å². The van der Waals surface area contributed by atoms with Gasteiger partial charge >= 0.3 is 0 Å². The van der Waals surface area contributed by atoms with E-state index in [0.29, 0.717) is 22.5 Å². The lowest BCUT2D eigenvalue weighted by atomic mass is 10.2. The van der Waals surface area contributed by atoms with E-state index in [1.54, 1.807) is 12.3 Å². The van der Waals surface area contributed by atoms with Gasteiger partial charge in [0, 0.05) is 35.2 Å². The number of halogens is 1. The molecule has 3 rings (SSSR count). The van der Waals surface area contributed by atoms with Gasteiger partial charge < -0.3 is 16.0 Å². The van der Waals surface area contributed by atoms with Crippen LogP contribution in [0.3, 0.4) is 0 Å². The molecular weight excluding hydrogens is 350 g/mol. The molecule has 1 heterocycles. The zero-order valence-electron chi connectivity index (χ0n) is 14.4. The average molecular weight is 368 g/mol. The third-order valence-electron chi connectivity index (χ3n) is 3.54. The Morgan fingerprint density at radius 3 is 2.54 bits per heavy atom. The smallest absolute Gasteiger partial charge is 0.229 e. The summed E-state index contributed by atoms with van der Waals surface area (Å²) in [5.74, 6) is 0.959. The second-order valence-electron chi connectivity index (χ2n) is 5.74. The number of carbonyl (C=O) groups is 1. The number of aryl methyl sites for hydroxylation is 1. The summed E-state index contributed by atoms with van der Waals surface area (Å²) in [5.41, 5.74) is 3.33. The fraction of sp³-hybridized carbons (Fsp3) is 0.105.